The van der Waals surface area contributed by atoms with Crippen molar-refractivity contribution in [2.45, 2.75) is 82.9 Å². The Balaban J connectivity index is 0.871. The molecule has 3 aromatic carbocycles. The summed E-state index contributed by atoms with van der Waals surface area (Å²) >= 11 is 1.40. The molecule has 0 aliphatic carbocycles. The summed E-state index contributed by atoms with van der Waals surface area (Å²) in [7, 11) is 6.73. The summed E-state index contributed by atoms with van der Waals surface area (Å²) < 4.78 is 14.1. The fraction of sp³-hybridized carbons (Fsp3) is 0.383. The summed E-state index contributed by atoms with van der Waals surface area (Å²) in [5.41, 5.74) is 5.16. The van der Waals surface area contributed by atoms with Crippen LogP contribution in [0.2, 0.25) is 0 Å². The SMILES string of the molecule is CCC(=O)CCCSSC(C)(C)CNC(=O)c1cc2cc(NC(=O)c3cc(NC(=O)CCCOc4cc5c(cc4OC)C(=O)N4c6ccccc6C[C@H]4CC5)cn3C)ccc2s1. The van der Waals surface area contributed by atoms with Crippen LogP contribution in [0.25, 0.3) is 10.1 Å². The second kappa shape index (κ2) is 19.9. The molecule has 2 aliphatic heterocycles. The molecular formula is C47H53N5O7S3. The molecule has 326 valence electrons. The van der Waals surface area contributed by atoms with Crippen LogP contribution in [-0.2, 0) is 29.5 Å². The Hall–Kier alpha value is -5.25. The van der Waals surface area contributed by atoms with E-state index in [9.17, 15) is 24.0 Å². The van der Waals surface area contributed by atoms with Crippen LogP contribution < -0.4 is 30.3 Å². The van der Waals surface area contributed by atoms with Crippen molar-refractivity contribution in [2.24, 2.45) is 7.05 Å². The van der Waals surface area contributed by atoms with Gasteiger partial charge in [-0.3, -0.25) is 24.0 Å². The number of nitrogens with zero attached hydrogens (tertiary/aromatic N) is 2. The van der Waals surface area contributed by atoms with Gasteiger partial charge in [-0.1, -0.05) is 46.7 Å². The van der Waals surface area contributed by atoms with Gasteiger partial charge in [0.1, 0.15) is 11.5 Å². The smallest absolute Gasteiger partial charge is 0.272 e. The number of thiophene rings is 1. The van der Waals surface area contributed by atoms with Crippen molar-refractivity contribution in [3.8, 4) is 11.5 Å². The average Bonchev–Trinajstić information content (AvgIpc) is 3.94. The number of nitrogens with one attached hydrogen (secondary N) is 3. The number of aromatic nitrogens is 1. The topological polar surface area (TPSA) is 148 Å². The molecular weight excluding hydrogens is 843 g/mol. The number of carbonyl (C=O) groups excluding carboxylic acids is 5. The Labute approximate surface area is 374 Å². The van der Waals surface area contributed by atoms with Crippen molar-refractivity contribution in [3.05, 3.63) is 100 Å². The molecule has 0 bridgehead atoms. The molecule has 62 heavy (non-hydrogen) atoms. The molecule has 2 aliphatic rings. The number of benzene rings is 3. The van der Waals surface area contributed by atoms with E-state index in [-0.39, 0.29) is 53.2 Å². The Bertz CT molecular complexity index is 2490. The highest BCUT2D eigenvalue weighted by Gasteiger charge is 2.37. The van der Waals surface area contributed by atoms with Crippen LogP contribution in [0.1, 0.15) is 101 Å². The van der Waals surface area contributed by atoms with Crippen molar-refractivity contribution in [2.75, 3.05) is 41.5 Å². The number of rotatable bonds is 19. The quantitative estimate of drug-likeness (QED) is 0.0545. The fourth-order valence-electron chi connectivity index (χ4n) is 7.74. The number of hydrogen-bond donors (Lipinski definition) is 3. The van der Waals surface area contributed by atoms with E-state index in [1.807, 2.05) is 54.3 Å². The highest BCUT2D eigenvalue weighted by molar-refractivity contribution is 8.77. The monoisotopic (exact) mass is 895 g/mol. The van der Waals surface area contributed by atoms with Crippen molar-refractivity contribution in [1.82, 2.24) is 9.88 Å². The Morgan fingerprint density at radius 2 is 1.74 bits per heavy atom. The first-order chi connectivity index (χ1) is 29.8. The standard InChI is InChI=1S/C47H53N5O7S3/c1-6-35(53)12-10-20-60-62-47(2,3)28-48-45(56)42-24-31-21-32(16-18-41(31)61-42)50-44(55)38-25-33(27-51(38)4)49-43(54)14-9-19-59-40-23-29-15-17-34-22-30-11-7-8-13-37(30)52(34)46(57)36(29)26-39(40)58-5/h7-8,11,13,16,18,21,23-27,34H,6,9-10,12,14-15,17,19-20,22,28H2,1-5H3,(H,48,56)(H,49,54)(H,50,55)/t34-/m1/s1. The van der Waals surface area contributed by atoms with Crippen molar-refractivity contribution < 1.29 is 33.4 Å². The van der Waals surface area contributed by atoms with Crippen LogP contribution in [0.3, 0.4) is 0 Å². The second-order valence-corrected chi connectivity index (χ2v) is 20.5. The number of methoxy groups -OCH3 is 1. The van der Waals surface area contributed by atoms with Gasteiger partial charge in [-0.2, -0.15) is 0 Å². The molecule has 0 radical (unpaired) electrons. The van der Waals surface area contributed by atoms with Crippen LogP contribution in [0.4, 0.5) is 17.1 Å². The molecule has 4 heterocycles. The van der Waals surface area contributed by atoms with Gasteiger partial charge < -0.3 is 34.9 Å². The minimum absolute atomic E-state index is 0.0251. The van der Waals surface area contributed by atoms with Crippen LogP contribution in [0.15, 0.2) is 72.9 Å². The molecule has 7 rings (SSSR count). The number of ketones is 1. The number of aryl methyl sites for hydroxylation is 2. The number of anilines is 3. The number of carbonyl (C=O) groups is 5. The summed E-state index contributed by atoms with van der Waals surface area (Å²) in [5.74, 6) is 1.46. The highest BCUT2D eigenvalue weighted by Crippen LogP contribution is 2.41. The van der Waals surface area contributed by atoms with E-state index in [4.69, 9.17) is 9.47 Å². The molecule has 0 saturated carbocycles. The van der Waals surface area contributed by atoms with Gasteiger partial charge in [0, 0.05) is 77.2 Å². The van der Waals surface area contributed by atoms with E-state index >= 15 is 0 Å². The van der Waals surface area contributed by atoms with Gasteiger partial charge in [-0.05, 0) is 111 Å². The van der Waals surface area contributed by atoms with Crippen molar-refractivity contribution in [3.63, 3.8) is 0 Å². The number of amides is 4. The molecule has 1 atom stereocenters. The third-order valence-electron chi connectivity index (χ3n) is 11.0. The van der Waals surface area contributed by atoms with Crippen LogP contribution in [0, 0.1) is 0 Å². The Morgan fingerprint density at radius 1 is 0.919 bits per heavy atom. The summed E-state index contributed by atoms with van der Waals surface area (Å²) in [6.45, 7) is 6.83. The lowest BCUT2D eigenvalue weighted by Gasteiger charge is -2.23. The van der Waals surface area contributed by atoms with E-state index in [0.29, 0.717) is 64.8 Å². The lowest BCUT2D eigenvalue weighted by molar-refractivity contribution is -0.119. The van der Waals surface area contributed by atoms with E-state index < -0.39 is 0 Å². The van der Waals surface area contributed by atoms with Gasteiger partial charge >= 0.3 is 0 Å². The largest absolute Gasteiger partial charge is 0.493 e. The minimum atomic E-state index is -0.342. The summed E-state index contributed by atoms with van der Waals surface area (Å²) in [6.07, 6.45) is 6.81. The fourth-order valence-corrected chi connectivity index (χ4v) is 11.2. The summed E-state index contributed by atoms with van der Waals surface area (Å²) in [4.78, 5) is 67.3. The van der Waals surface area contributed by atoms with Crippen molar-refractivity contribution in [1.29, 1.82) is 0 Å². The number of fused-ring (bicyclic) bond motifs is 5. The zero-order valence-corrected chi connectivity index (χ0v) is 38.2. The van der Waals surface area contributed by atoms with Gasteiger partial charge in [0.2, 0.25) is 5.91 Å². The Kier molecular flexibility index (Phi) is 14.3. The van der Waals surface area contributed by atoms with Crippen LogP contribution in [0.5, 0.6) is 11.5 Å². The predicted octanol–water partition coefficient (Wildman–Crippen LogP) is 9.47. The van der Waals surface area contributed by atoms with E-state index in [2.05, 4.69) is 35.9 Å². The zero-order chi connectivity index (χ0) is 44.0. The molecule has 12 nitrogen and oxygen atoms in total. The zero-order valence-electron chi connectivity index (χ0n) is 35.8. The maximum Gasteiger partial charge on any atom is 0.272 e. The van der Waals surface area contributed by atoms with E-state index in [1.165, 1.54) is 16.9 Å². The summed E-state index contributed by atoms with van der Waals surface area (Å²) in [6, 6.07) is 20.9. The number of ether oxygens (including phenoxy) is 2. The average molecular weight is 896 g/mol. The number of Topliss-reactive ketones (excluding diaryl/α,β-unsaturated/α-hetero) is 1. The molecule has 15 heteroatoms. The number of para-hydroxylation sites is 1. The predicted molar refractivity (Wildman–Crippen MR) is 252 cm³/mol. The third kappa shape index (κ3) is 10.7. The first-order valence-corrected chi connectivity index (χ1v) is 24.1. The first kappa shape index (κ1) is 44.8. The van der Waals surface area contributed by atoms with Crippen LogP contribution in [-0.4, -0.2) is 70.8 Å². The molecule has 3 N–H and O–H groups in total. The second-order valence-electron chi connectivity index (χ2n) is 16.2. The lowest BCUT2D eigenvalue weighted by Crippen LogP contribution is -2.36. The minimum Gasteiger partial charge on any atom is -0.493 e. The maximum absolute atomic E-state index is 13.8. The van der Waals surface area contributed by atoms with Gasteiger partial charge in [-0.25, -0.2) is 0 Å². The van der Waals surface area contributed by atoms with Crippen molar-refractivity contribution >= 4 is 89.5 Å². The third-order valence-corrected chi connectivity index (χ3v) is 15.5. The molecule has 0 spiro atoms. The highest BCUT2D eigenvalue weighted by atomic mass is 33.1. The van der Waals surface area contributed by atoms with Crippen LogP contribution >= 0.6 is 32.9 Å². The lowest BCUT2D eigenvalue weighted by atomic mass is 9.99. The molecule has 0 unspecified atom stereocenters. The van der Waals surface area contributed by atoms with Gasteiger partial charge in [-0.15, -0.1) is 11.3 Å². The van der Waals surface area contributed by atoms with Gasteiger partial charge in [0.05, 0.1) is 24.3 Å². The Morgan fingerprint density at radius 3 is 2.55 bits per heavy atom. The first-order valence-electron chi connectivity index (χ1n) is 21.0. The molecule has 0 saturated heterocycles. The number of hydrogen-bond acceptors (Lipinski definition) is 10. The molecule has 2 aromatic heterocycles. The summed E-state index contributed by atoms with van der Waals surface area (Å²) in [5, 5.41) is 9.74. The molecule has 4 amide bonds. The van der Waals surface area contributed by atoms with Gasteiger partial charge in [0.15, 0.2) is 11.5 Å². The van der Waals surface area contributed by atoms with E-state index in [0.717, 1.165) is 52.8 Å². The normalized spacial score (nSPS) is 14.4. The molecule has 0 fully saturated rings. The van der Waals surface area contributed by atoms with Gasteiger partial charge in [0.25, 0.3) is 17.7 Å². The van der Waals surface area contributed by atoms with E-state index in [1.54, 1.807) is 64.7 Å². The maximum atomic E-state index is 13.8. The molecule has 5 aromatic rings.